The minimum atomic E-state index is -0.421. The van der Waals surface area contributed by atoms with E-state index in [9.17, 15) is 9.90 Å². The summed E-state index contributed by atoms with van der Waals surface area (Å²) >= 11 is 0. The van der Waals surface area contributed by atoms with Gasteiger partial charge in [-0.3, -0.25) is 14.7 Å². The first-order valence-electron chi connectivity index (χ1n) is 6.14. The van der Waals surface area contributed by atoms with E-state index < -0.39 is 6.04 Å². The Bertz CT molecular complexity index is 410. The van der Waals surface area contributed by atoms with Crippen molar-refractivity contribution in [2.45, 2.75) is 25.6 Å². The Hall–Kier alpha value is -1.46. The number of hydrogen-bond acceptors (Lipinski definition) is 4. The lowest BCUT2D eigenvalue weighted by Crippen LogP contribution is -2.60. The van der Waals surface area contributed by atoms with Gasteiger partial charge in [0.2, 0.25) is 5.91 Å². The van der Waals surface area contributed by atoms with Crippen molar-refractivity contribution in [1.29, 1.82) is 0 Å². The van der Waals surface area contributed by atoms with Crippen LogP contribution in [0.2, 0.25) is 0 Å². The molecule has 1 aliphatic heterocycles. The molecule has 1 fully saturated rings. The number of pyridine rings is 1. The van der Waals surface area contributed by atoms with Gasteiger partial charge in [0.25, 0.3) is 0 Å². The highest BCUT2D eigenvalue weighted by Gasteiger charge is 2.35. The Labute approximate surface area is 107 Å². The maximum atomic E-state index is 12.2. The molecule has 2 rings (SSSR count). The van der Waals surface area contributed by atoms with Gasteiger partial charge in [0.15, 0.2) is 0 Å². The molecule has 1 amide bonds. The minimum Gasteiger partial charge on any atom is -0.394 e. The van der Waals surface area contributed by atoms with Crippen molar-refractivity contribution < 1.29 is 9.90 Å². The van der Waals surface area contributed by atoms with Crippen LogP contribution in [-0.2, 0) is 11.3 Å². The average molecular weight is 249 g/mol. The van der Waals surface area contributed by atoms with Crippen LogP contribution in [0.25, 0.3) is 0 Å². The molecule has 2 atom stereocenters. The second kappa shape index (κ2) is 5.46. The topological polar surface area (TPSA) is 56.7 Å². The van der Waals surface area contributed by atoms with Gasteiger partial charge in [-0.2, -0.15) is 0 Å². The van der Waals surface area contributed by atoms with Crippen LogP contribution < -0.4 is 0 Å². The Morgan fingerprint density at radius 3 is 2.72 bits per heavy atom. The molecule has 0 aliphatic carbocycles. The van der Waals surface area contributed by atoms with Crippen molar-refractivity contribution in [3.63, 3.8) is 0 Å². The number of carbonyl (C=O) groups is 1. The molecule has 98 valence electrons. The monoisotopic (exact) mass is 249 g/mol. The van der Waals surface area contributed by atoms with E-state index in [0.717, 1.165) is 5.56 Å². The second-order valence-electron chi connectivity index (χ2n) is 4.79. The van der Waals surface area contributed by atoms with E-state index in [1.54, 1.807) is 17.3 Å². The third-order valence-corrected chi connectivity index (χ3v) is 3.56. The molecule has 5 heteroatoms. The Kier molecular flexibility index (Phi) is 3.93. The molecule has 1 aliphatic rings. The lowest BCUT2D eigenvalue weighted by atomic mass is 10.1. The van der Waals surface area contributed by atoms with Gasteiger partial charge in [0, 0.05) is 31.5 Å². The van der Waals surface area contributed by atoms with E-state index in [-0.39, 0.29) is 18.6 Å². The molecule has 1 aromatic rings. The Morgan fingerprint density at radius 1 is 1.44 bits per heavy atom. The summed E-state index contributed by atoms with van der Waals surface area (Å²) in [5.74, 6) is -0.00471. The van der Waals surface area contributed by atoms with Crippen molar-refractivity contribution in [2.24, 2.45) is 0 Å². The van der Waals surface area contributed by atoms with Crippen molar-refractivity contribution >= 4 is 5.91 Å². The summed E-state index contributed by atoms with van der Waals surface area (Å²) in [6.45, 7) is 3.20. The van der Waals surface area contributed by atoms with Gasteiger partial charge in [-0.1, -0.05) is 0 Å². The molecule has 0 bridgehead atoms. The van der Waals surface area contributed by atoms with E-state index in [0.29, 0.717) is 13.1 Å². The lowest BCUT2D eigenvalue weighted by Gasteiger charge is -2.42. The molecule has 0 spiro atoms. The lowest BCUT2D eigenvalue weighted by molar-refractivity contribution is -0.146. The number of amides is 1. The van der Waals surface area contributed by atoms with Crippen molar-refractivity contribution in [2.75, 3.05) is 20.2 Å². The number of rotatable bonds is 3. The first-order chi connectivity index (χ1) is 8.63. The number of carbonyl (C=O) groups excluding carboxylic acids is 1. The third kappa shape index (κ3) is 2.52. The van der Waals surface area contributed by atoms with Gasteiger partial charge in [-0.15, -0.1) is 0 Å². The van der Waals surface area contributed by atoms with Gasteiger partial charge in [0.05, 0.1) is 6.61 Å². The molecule has 0 aromatic carbocycles. The zero-order valence-electron chi connectivity index (χ0n) is 10.8. The predicted molar refractivity (Wildman–Crippen MR) is 67.8 cm³/mol. The van der Waals surface area contributed by atoms with Crippen molar-refractivity contribution in [1.82, 2.24) is 14.8 Å². The molecule has 5 nitrogen and oxygen atoms in total. The van der Waals surface area contributed by atoms with Crippen LogP contribution in [0.4, 0.5) is 0 Å². The van der Waals surface area contributed by atoms with Crippen LogP contribution in [0.5, 0.6) is 0 Å². The van der Waals surface area contributed by atoms with Crippen LogP contribution in [0.1, 0.15) is 12.5 Å². The Balaban J connectivity index is 2.11. The standard InChI is InChI=1S/C13H19N3O2/c1-10-7-16(8-11-3-5-14-6-4-11)13(18)12(9-17)15(10)2/h3-6,10,12,17H,7-9H2,1-2H3. The number of aliphatic hydroxyl groups excluding tert-OH is 1. The summed E-state index contributed by atoms with van der Waals surface area (Å²) < 4.78 is 0. The molecule has 0 saturated carbocycles. The SMILES string of the molecule is CC1CN(Cc2ccncc2)C(=O)C(CO)N1C. The number of hydrogen-bond donors (Lipinski definition) is 1. The zero-order chi connectivity index (χ0) is 13.1. The zero-order valence-corrected chi connectivity index (χ0v) is 10.8. The highest BCUT2D eigenvalue weighted by Crippen LogP contribution is 2.17. The summed E-state index contributed by atoms with van der Waals surface area (Å²) in [6.07, 6.45) is 3.45. The van der Waals surface area contributed by atoms with Crippen molar-refractivity contribution in [3.05, 3.63) is 30.1 Å². The molecular formula is C13H19N3O2. The quantitative estimate of drug-likeness (QED) is 0.826. The molecule has 1 aromatic heterocycles. The van der Waals surface area contributed by atoms with E-state index in [2.05, 4.69) is 11.9 Å². The maximum absolute atomic E-state index is 12.2. The number of aromatic nitrogens is 1. The number of aliphatic hydroxyl groups is 1. The molecule has 2 unspecified atom stereocenters. The predicted octanol–water partition coefficient (Wildman–Crippen LogP) is 0.105. The smallest absolute Gasteiger partial charge is 0.242 e. The fourth-order valence-corrected chi connectivity index (χ4v) is 2.29. The van der Waals surface area contributed by atoms with Gasteiger partial charge < -0.3 is 10.0 Å². The molecule has 1 N–H and O–H groups in total. The van der Waals surface area contributed by atoms with Crippen molar-refractivity contribution in [3.8, 4) is 0 Å². The molecule has 2 heterocycles. The van der Waals surface area contributed by atoms with E-state index in [4.69, 9.17) is 0 Å². The highest BCUT2D eigenvalue weighted by molar-refractivity contribution is 5.83. The molecule has 0 radical (unpaired) electrons. The number of piperazine rings is 1. The van der Waals surface area contributed by atoms with Gasteiger partial charge in [-0.25, -0.2) is 0 Å². The van der Waals surface area contributed by atoms with Gasteiger partial charge in [0.1, 0.15) is 6.04 Å². The summed E-state index contributed by atoms with van der Waals surface area (Å²) in [5.41, 5.74) is 1.06. The normalized spacial score (nSPS) is 25.5. The summed E-state index contributed by atoms with van der Waals surface area (Å²) in [6, 6.07) is 3.64. The minimum absolute atomic E-state index is 0.00471. The summed E-state index contributed by atoms with van der Waals surface area (Å²) in [7, 11) is 1.88. The summed E-state index contributed by atoms with van der Waals surface area (Å²) in [4.78, 5) is 19.9. The number of likely N-dealkylation sites (N-methyl/N-ethyl adjacent to an activating group) is 1. The molecule has 1 saturated heterocycles. The largest absolute Gasteiger partial charge is 0.394 e. The van der Waals surface area contributed by atoms with E-state index in [1.165, 1.54) is 0 Å². The highest BCUT2D eigenvalue weighted by atomic mass is 16.3. The average Bonchev–Trinajstić information content (AvgIpc) is 2.38. The van der Waals surface area contributed by atoms with Gasteiger partial charge in [-0.05, 0) is 31.7 Å². The summed E-state index contributed by atoms with van der Waals surface area (Å²) in [5, 5.41) is 9.33. The fourth-order valence-electron chi connectivity index (χ4n) is 2.29. The molecule has 18 heavy (non-hydrogen) atoms. The first kappa shape index (κ1) is 13.0. The molecular weight excluding hydrogens is 230 g/mol. The van der Waals surface area contributed by atoms with Gasteiger partial charge >= 0.3 is 0 Å². The van der Waals surface area contributed by atoms with Crippen LogP contribution in [0, 0.1) is 0 Å². The van der Waals surface area contributed by atoms with Crippen LogP contribution >= 0.6 is 0 Å². The van der Waals surface area contributed by atoms with Crippen LogP contribution in [-0.4, -0.2) is 58.1 Å². The number of nitrogens with zero attached hydrogens (tertiary/aromatic N) is 3. The first-order valence-corrected chi connectivity index (χ1v) is 6.14. The second-order valence-corrected chi connectivity index (χ2v) is 4.79. The van der Waals surface area contributed by atoms with E-state index in [1.807, 2.05) is 24.1 Å². The van der Waals surface area contributed by atoms with E-state index >= 15 is 0 Å². The fraction of sp³-hybridized carbons (Fsp3) is 0.538. The van der Waals surface area contributed by atoms with Crippen LogP contribution in [0.15, 0.2) is 24.5 Å². The van der Waals surface area contributed by atoms with Crippen LogP contribution in [0.3, 0.4) is 0 Å². The maximum Gasteiger partial charge on any atom is 0.242 e. The third-order valence-electron chi connectivity index (χ3n) is 3.56. The Morgan fingerprint density at radius 2 is 2.11 bits per heavy atom.